The maximum absolute atomic E-state index is 14.9. The molecule has 6 rings (SSSR count). The molecule has 498 valence electrons. The summed E-state index contributed by atoms with van der Waals surface area (Å²) in [5.74, 6) is -11.7. The van der Waals surface area contributed by atoms with Crippen LogP contribution >= 0.6 is 0 Å². The van der Waals surface area contributed by atoms with E-state index in [4.69, 9.17) is 5.73 Å². The molecule has 0 radical (unpaired) electrons. The summed E-state index contributed by atoms with van der Waals surface area (Å²) in [6, 6.07) is 12.6. The number of aliphatic carboxylic acids is 2. The number of phenols is 3. The molecule has 5 aromatic rings. The fourth-order valence-electron chi connectivity index (χ4n) is 10.5. The average Bonchev–Trinajstić information content (AvgIpc) is 1.80. The van der Waals surface area contributed by atoms with E-state index in [1.54, 1.807) is 63.2 Å². The standard InChI is InChI=1S/C65H82N12O16/c1-5-37(4)56(76-62(89)47(69-54(81)33-66)28-39-13-19-43(78)20-14-39)64(91)77-25-9-12-53(77)63(90)74-49(29-40-15-21-44(79)22-16-40)59(86)72-50(31-42-34-67-35-68-42)60(87)70-46(26-36(2)3)57(84)71-48(27-38-10-7-6-8-11-38)58(85)73-51(32-55(82)83)61(88)75-52(65(92)93)30-41-17-23-45(80)24-18-41/h6-8,10-11,13-24,34-37,46-53,56,78-80H,5,9,12,25-33,66H2,1-4H3,(H,67,68)(H,69,81)(H,70,87)(H,71,84)(H,72,86)(H,73,85)(H,74,90)(H,75,88)(H,76,89)(H,82,83)(H,92,93)/t37-,46-,47-,48-,49-,50-,51-,52-,53-,56-/m0/s1. The van der Waals surface area contributed by atoms with Gasteiger partial charge in [0, 0.05) is 50.5 Å². The zero-order valence-electron chi connectivity index (χ0n) is 52.0. The van der Waals surface area contributed by atoms with E-state index < -0.39 is 138 Å². The number of nitrogens with two attached hydrogens (primary N) is 1. The number of aromatic hydroxyl groups is 3. The summed E-state index contributed by atoms with van der Waals surface area (Å²) in [4.78, 5) is 161. The molecule has 0 spiro atoms. The first-order valence-corrected chi connectivity index (χ1v) is 30.5. The van der Waals surface area contributed by atoms with Gasteiger partial charge in [-0.3, -0.25) is 47.9 Å². The molecule has 4 aromatic carbocycles. The van der Waals surface area contributed by atoms with Crippen molar-refractivity contribution in [2.45, 2.75) is 146 Å². The fraction of sp³-hybridized carbons (Fsp3) is 0.415. The predicted octanol–water partition coefficient (Wildman–Crippen LogP) is 0.519. The zero-order valence-corrected chi connectivity index (χ0v) is 52.0. The molecule has 2 heterocycles. The largest absolute Gasteiger partial charge is 0.508 e. The minimum atomic E-state index is -1.86. The molecular formula is C65H82N12O16. The highest BCUT2D eigenvalue weighted by atomic mass is 16.4. The van der Waals surface area contributed by atoms with E-state index >= 15 is 0 Å². The highest BCUT2D eigenvalue weighted by Crippen LogP contribution is 2.24. The monoisotopic (exact) mass is 1290 g/mol. The van der Waals surface area contributed by atoms with Crippen LogP contribution < -0.4 is 48.3 Å². The number of nitrogens with zero attached hydrogens (tertiary/aromatic N) is 2. The third kappa shape index (κ3) is 22.2. The highest BCUT2D eigenvalue weighted by molar-refractivity contribution is 5.99. The molecule has 28 nitrogen and oxygen atoms in total. The molecule has 0 aliphatic carbocycles. The fourth-order valence-corrected chi connectivity index (χ4v) is 10.5. The number of benzene rings is 4. The number of likely N-dealkylation sites (tertiary alicyclic amines) is 1. The molecule has 28 heteroatoms. The van der Waals surface area contributed by atoms with Gasteiger partial charge in [0.25, 0.3) is 0 Å². The Hall–Kier alpha value is -10.4. The third-order valence-corrected chi connectivity index (χ3v) is 15.7. The number of hydrogen-bond donors (Lipinski definition) is 15. The van der Waals surface area contributed by atoms with E-state index in [9.17, 15) is 78.3 Å². The molecule has 93 heavy (non-hydrogen) atoms. The Morgan fingerprint density at radius 3 is 1.45 bits per heavy atom. The van der Waals surface area contributed by atoms with E-state index in [0.717, 1.165) is 0 Å². The maximum Gasteiger partial charge on any atom is 0.326 e. The molecule has 1 aromatic heterocycles. The van der Waals surface area contributed by atoms with Gasteiger partial charge in [-0.25, -0.2) is 9.78 Å². The molecule has 1 aliphatic rings. The van der Waals surface area contributed by atoms with Gasteiger partial charge < -0.3 is 83.7 Å². The number of rotatable bonds is 34. The number of carbonyl (C=O) groups is 11. The first-order valence-electron chi connectivity index (χ1n) is 30.5. The summed E-state index contributed by atoms with van der Waals surface area (Å²) in [6.07, 6.45) is 1.58. The van der Waals surface area contributed by atoms with Crippen molar-refractivity contribution in [1.29, 1.82) is 0 Å². The Morgan fingerprint density at radius 2 is 0.978 bits per heavy atom. The number of amides is 9. The minimum Gasteiger partial charge on any atom is -0.508 e. The summed E-state index contributed by atoms with van der Waals surface area (Å²) >= 11 is 0. The number of nitrogens with one attached hydrogen (secondary N) is 9. The lowest BCUT2D eigenvalue weighted by Crippen LogP contribution is -2.61. The lowest BCUT2D eigenvalue weighted by atomic mass is 9.96. The van der Waals surface area contributed by atoms with Gasteiger partial charge in [-0.15, -0.1) is 0 Å². The van der Waals surface area contributed by atoms with Crippen molar-refractivity contribution in [3.05, 3.63) is 144 Å². The quantitative estimate of drug-likeness (QED) is 0.0267. The molecule has 9 amide bonds. The SMILES string of the molecule is CC[C@H](C)[C@H](NC(=O)[C@H](Cc1ccc(O)cc1)NC(=O)CN)C(=O)N1CCC[C@H]1C(=O)N[C@@H](Cc1ccc(O)cc1)C(=O)N[C@@H](Cc1cnc[nH]1)C(=O)N[C@@H](CC(C)C)C(=O)N[C@@H](Cc1ccccc1)C(=O)N[C@@H](CC(=O)O)C(=O)N[C@@H](Cc1ccc(O)cc1)C(=O)O. The number of hydrogen-bond acceptors (Lipinski definition) is 16. The van der Waals surface area contributed by atoms with Crippen LogP contribution in [0, 0.1) is 11.8 Å². The molecule has 0 unspecified atom stereocenters. The maximum atomic E-state index is 14.9. The molecule has 0 saturated carbocycles. The first-order chi connectivity index (χ1) is 44.3. The number of carboxylic acids is 2. The van der Waals surface area contributed by atoms with Crippen molar-refractivity contribution in [1.82, 2.24) is 57.4 Å². The third-order valence-electron chi connectivity index (χ3n) is 15.7. The number of aromatic nitrogens is 2. The summed E-state index contributed by atoms with van der Waals surface area (Å²) in [5.41, 5.74) is 7.89. The van der Waals surface area contributed by atoms with Crippen LogP contribution in [0.5, 0.6) is 17.2 Å². The van der Waals surface area contributed by atoms with Gasteiger partial charge in [-0.1, -0.05) is 101 Å². The molecule has 1 aliphatic heterocycles. The van der Waals surface area contributed by atoms with Crippen molar-refractivity contribution in [3.63, 3.8) is 0 Å². The summed E-state index contributed by atoms with van der Waals surface area (Å²) in [6.45, 7) is 6.72. The van der Waals surface area contributed by atoms with E-state index in [-0.39, 0.29) is 74.7 Å². The summed E-state index contributed by atoms with van der Waals surface area (Å²) in [7, 11) is 0. The Morgan fingerprint density at radius 1 is 0.548 bits per heavy atom. The number of aromatic amines is 1. The van der Waals surface area contributed by atoms with Crippen LogP contribution in [0.1, 0.15) is 87.7 Å². The lowest BCUT2D eigenvalue weighted by Gasteiger charge is -2.33. The summed E-state index contributed by atoms with van der Waals surface area (Å²) in [5, 5.41) is 70.5. The molecule has 1 saturated heterocycles. The molecule has 1 fully saturated rings. The van der Waals surface area contributed by atoms with Crippen LogP contribution in [0.2, 0.25) is 0 Å². The molecule has 0 bridgehead atoms. The number of carbonyl (C=O) groups excluding carboxylic acids is 9. The lowest BCUT2D eigenvalue weighted by molar-refractivity contribution is -0.144. The number of phenolic OH excluding ortho intramolecular Hbond substituents is 3. The average molecular weight is 1290 g/mol. The van der Waals surface area contributed by atoms with Gasteiger partial charge >= 0.3 is 11.9 Å². The van der Waals surface area contributed by atoms with E-state index in [1.807, 2.05) is 6.92 Å². The predicted molar refractivity (Wildman–Crippen MR) is 336 cm³/mol. The van der Waals surface area contributed by atoms with Crippen molar-refractivity contribution in [2.75, 3.05) is 13.1 Å². The second-order valence-corrected chi connectivity index (χ2v) is 23.4. The van der Waals surface area contributed by atoms with Crippen molar-refractivity contribution < 1.29 is 78.3 Å². The second-order valence-electron chi connectivity index (χ2n) is 23.4. The minimum absolute atomic E-state index is 0.0164. The van der Waals surface area contributed by atoms with Gasteiger partial charge in [0.05, 0.1) is 19.3 Å². The van der Waals surface area contributed by atoms with Crippen LogP contribution in [-0.2, 0) is 84.8 Å². The Bertz CT molecular complexity index is 3370. The highest BCUT2D eigenvalue weighted by Gasteiger charge is 2.42. The van der Waals surface area contributed by atoms with E-state index in [2.05, 4.69) is 52.5 Å². The number of H-pyrrole nitrogens is 1. The van der Waals surface area contributed by atoms with Gasteiger partial charge in [0.2, 0.25) is 53.2 Å². The molecular weight excluding hydrogens is 1200 g/mol. The van der Waals surface area contributed by atoms with Crippen molar-refractivity contribution >= 4 is 65.1 Å². The smallest absolute Gasteiger partial charge is 0.326 e. The Kier molecular flexibility index (Phi) is 26.8. The normalized spacial score (nSPS) is 15.7. The molecule has 16 N–H and O–H groups in total. The summed E-state index contributed by atoms with van der Waals surface area (Å²) < 4.78 is 0. The second kappa shape index (κ2) is 34.7. The van der Waals surface area contributed by atoms with Gasteiger partial charge in [-0.05, 0) is 89.8 Å². The zero-order chi connectivity index (χ0) is 67.9. The van der Waals surface area contributed by atoms with Crippen molar-refractivity contribution in [3.8, 4) is 17.2 Å². The van der Waals surface area contributed by atoms with E-state index in [0.29, 0.717) is 40.8 Å². The van der Waals surface area contributed by atoms with Crippen LogP contribution in [0.3, 0.4) is 0 Å². The van der Waals surface area contributed by atoms with Crippen LogP contribution in [0.4, 0.5) is 0 Å². The topological polar surface area (TPSA) is 443 Å². The van der Waals surface area contributed by atoms with E-state index in [1.165, 1.54) is 78.1 Å². The number of imidazole rings is 1. The van der Waals surface area contributed by atoms with Crippen molar-refractivity contribution in [2.24, 2.45) is 17.6 Å². The van der Waals surface area contributed by atoms with Crippen LogP contribution in [0.15, 0.2) is 116 Å². The van der Waals surface area contributed by atoms with Gasteiger partial charge in [-0.2, -0.15) is 0 Å². The van der Waals surface area contributed by atoms with Crippen LogP contribution in [-0.4, -0.2) is 173 Å². The van der Waals surface area contributed by atoms with Gasteiger partial charge in [0.1, 0.15) is 71.6 Å². The Balaban J connectivity index is 1.23. The Labute approximate surface area is 536 Å². The van der Waals surface area contributed by atoms with Crippen LogP contribution in [0.25, 0.3) is 0 Å². The molecule has 10 atom stereocenters. The van der Waals surface area contributed by atoms with Gasteiger partial charge in [0.15, 0.2) is 0 Å². The first kappa shape index (κ1) is 71.7. The number of carboxylic acid groups (broad SMARTS) is 2.